The average molecular weight is 298 g/mol. The lowest BCUT2D eigenvalue weighted by molar-refractivity contribution is -0.141. The van der Waals surface area contributed by atoms with Gasteiger partial charge in [-0.15, -0.1) is 0 Å². The Hall–Kier alpha value is -2.23. The number of hydrogen-bond donors (Lipinski definition) is 1. The molecular formula is C14H13F3N2O2. The van der Waals surface area contributed by atoms with Crippen molar-refractivity contribution < 1.29 is 23.1 Å². The molecule has 1 N–H and O–H groups in total. The lowest BCUT2D eigenvalue weighted by Gasteiger charge is -2.34. The van der Waals surface area contributed by atoms with E-state index in [2.05, 4.69) is 0 Å². The molecule has 1 aliphatic heterocycles. The quantitative estimate of drug-likeness (QED) is 0.912. The first kappa shape index (κ1) is 15.2. The van der Waals surface area contributed by atoms with Crippen LogP contribution < -0.4 is 4.90 Å². The van der Waals surface area contributed by atoms with Crippen molar-refractivity contribution in [1.82, 2.24) is 0 Å². The maximum atomic E-state index is 13.1. The summed E-state index contributed by atoms with van der Waals surface area (Å²) in [5.74, 6) is -1.67. The monoisotopic (exact) mass is 298 g/mol. The molecule has 1 saturated heterocycles. The van der Waals surface area contributed by atoms with Gasteiger partial charge in [-0.1, -0.05) is 0 Å². The highest BCUT2D eigenvalue weighted by Crippen LogP contribution is 2.38. The molecule has 2 rings (SSSR count). The Labute approximate surface area is 119 Å². The number of rotatable bonds is 2. The van der Waals surface area contributed by atoms with Crippen molar-refractivity contribution in [2.45, 2.75) is 19.0 Å². The molecule has 0 saturated carbocycles. The normalized spacial score (nSPS) is 19.1. The molecule has 1 aromatic rings. The third-order valence-corrected chi connectivity index (χ3v) is 3.54. The van der Waals surface area contributed by atoms with Gasteiger partial charge in [0, 0.05) is 18.8 Å². The topological polar surface area (TPSA) is 64.3 Å². The van der Waals surface area contributed by atoms with Crippen LogP contribution in [0.4, 0.5) is 18.9 Å². The van der Waals surface area contributed by atoms with Crippen molar-refractivity contribution in [3.05, 3.63) is 29.3 Å². The van der Waals surface area contributed by atoms with E-state index in [-0.39, 0.29) is 17.8 Å². The van der Waals surface area contributed by atoms with E-state index < -0.39 is 23.6 Å². The van der Waals surface area contributed by atoms with E-state index in [0.29, 0.717) is 19.4 Å². The van der Waals surface area contributed by atoms with E-state index in [0.717, 1.165) is 6.07 Å². The Morgan fingerprint density at radius 2 is 2.14 bits per heavy atom. The number of nitrogens with zero attached hydrogens (tertiary/aromatic N) is 2. The average Bonchev–Trinajstić information content (AvgIpc) is 2.45. The fourth-order valence-corrected chi connectivity index (χ4v) is 2.51. The predicted octanol–water partition coefficient (Wildman–Crippen LogP) is 2.88. The SMILES string of the molecule is N#Cc1ccc(N2CCCC(C(=O)O)C2)c(C(F)(F)F)c1. The molecule has 0 bridgehead atoms. The minimum Gasteiger partial charge on any atom is -0.481 e. The fraction of sp³-hybridized carbons (Fsp3) is 0.429. The van der Waals surface area contributed by atoms with Crippen molar-refractivity contribution >= 4 is 11.7 Å². The van der Waals surface area contributed by atoms with Gasteiger partial charge >= 0.3 is 12.1 Å². The largest absolute Gasteiger partial charge is 0.481 e. The smallest absolute Gasteiger partial charge is 0.418 e. The van der Waals surface area contributed by atoms with Crippen molar-refractivity contribution in [3.63, 3.8) is 0 Å². The molecule has 0 aliphatic carbocycles. The Balaban J connectivity index is 2.39. The van der Waals surface area contributed by atoms with E-state index >= 15 is 0 Å². The molecule has 21 heavy (non-hydrogen) atoms. The molecular weight excluding hydrogens is 285 g/mol. The van der Waals surface area contributed by atoms with Crippen molar-refractivity contribution in [1.29, 1.82) is 5.26 Å². The number of carboxylic acids is 1. The fourth-order valence-electron chi connectivity index (χ4n) is 2.51. The Morgan fingerprint density at radius 3 is 2.71 bits per heavy atom. The zero-order valence-corrected chi connectivity index (χ0v) is 11.0. The van der Waals surface area contributed by atoms with Crippen LogP contribution in [0, 0.1) is 17.2 Å². The molecule has 1 atom stereocenters. The summed E-state index contributed by atoms with van der Waals surface area (Å²) in [5.41, 5.74) is -1.03. The third-order valence-electron chi connectivity index (χ3n) is 3.54. The lowest BCUT2D eigenvalue weighted by Crippen LogP contribution is -2.39. The first-order chi connectivity index (χ1) is 9.82. The summed E-state index contributed by atoms with van der Waals surface area (Å²) in [6.07, 6.45) is -3.60. The van der Waals surface area contributed by atoms with Gasteiger partial charge in [-0.25, -0.2) is 0 Å². The number of halogens is 3. The van der Waals surface area contributed by atoms with Crippen molar-refractivity contribution in [2.75, 3.05) is 18.0 Å². The minimum atomic E-state index is -4.58. The lowest BCUT2D eigenvalue weighted by atomic mass is 9.96. The number of benzene rings is 1. The summed E-state index contributed by atoms with van der Waals surface area (Å²) < 4.78 is 39.4. The molecule has 1 unspecified atom stereocenters. The van der Waals surface area contributed by atoms with Crippen LogP contribution in [-0.2, 0) is 11.0 Å². The highest BCUT2D eigenvalue weighted by atomic mass is 19.4. The Morgan fingerprint density at radius 1 is 1.43 bits per heavy atom. The summed E-state index contributed by atoms with van der Waals surface area (Å²) >= 11 is 0. The van der Waals surface area contributed by atoms with Crippen LogP contribution in [0.15, 0.2) is 18.2 Å². The van der Waals surface area contributed by atoms with Crippen LogP contribution in [0.2, 0.25) is 0 Å². The maximum absolute atomic E-state index is 13.1. The molecule has 112 valence electrons. The van der Waals surface area contributed by atoms with E-state index in [1.807, 2.05) is 0 Å². The predicted molar refractivity (Wildman–Crippen MR) is 68.7 cm³/mol. The number of carboxylic acid groups (broad SMARTS) is 1. The van der Waals surface area contributed by atoms with Crippen LogP contribution in [0.25, 0.3) is 0 Å². The van der Waals surface area contributed by atoms with Gasteiger partial charge in [-0.3, -0.25) is 4.79 Å². The molecule has 7 heteroatoms. The van der Waals surface area contributed by atoms with Crippen molar-refractivity contribution in [3.8, 4) is 6.07 Å². The summed E-state index contributed by atoms with van der Waals surface area (Å²) in [6, 6.07) is 5.05. The zero-order chi connectivity index (χ0) is 15.6. The van der Waals surface area contributed by atoms with Crippen molar-refractivity contribution in [2.24, 2.45) is 5.92 Å². The molecule has 4 nitrogen and oxygen atoms in total. The molecule has 1 heterocycles. The molecule has 1 aromatic carbocycles. The van der Waals surface area contributed by atoms with Crippen LogP contribution in [0.5, 0.6) is 0 Å². The third kappa shape index (κ3) is 3.27. The van der Waals surface area contributed by atoms with Gasteiger partial charge in [0.2, 0.25) is 0 Å². The molecule has 0 radical (unpaired) electrons. The summed E-state index contributed by atoms with van der Waals surface area (Å²) in [7, 11) is 0. The number of piperidine rings is 1. The van der Waals surface area contributed by atoms with Crippen LogP contribution >= 0.6 is 0 Å². The number of alkyl halides is 3. The van der Waals surface area contributed by atoms with Crippen LogP contribution in [-0.4, -0.2) is 24.2 Å². The first-order valence-corrected chi connectivity index (χ1v) is 6.42. The summed E-state index contributed by atoms with van der Waals surface area (Å²) in [6.45, 7) is 0.420. The molecule has 0 amide bonds. The van der Waals surface area contributed by atoms with Gasteiger partial charge in [0.1, 0.15) is 0 Å². The number of anilines is 1. The Bertz CT molecular complexity index is 593. The van der Waals surface area contributed by atoms with Gasteiger partial charge in [-0.2, -0.15) is 18.4 Å². The van der Waals surface area contributed by atoms with Crippen LogP contribution in [0.3, 0.4) is 0 Å². The van der Waals surface area contributed by atoms with Gasteiger partial charge in [0.25, 0.3) is 0 Å². The van der Waals surface area contributed by atoms with E-state index in [1.165, 1.54) is 17.0 Å². The Kier molecular flexibility index (Phi) is 4.07. The van der Waals surface area contributed by atoms with Gasteiger partial charge in [0.15, 0.2) is 0 Å². The second-order valence-electron chi connectivity index (χ2n) is 4.96. The van der Waals surface area contributed by atoms with Gasteiger partial charge < -0.3 is 10.0 Å². The van der Waals surface area contributed by atoms with Gasteiger partial charge in [0.05, 0.1) is 23.1 Å². The van der Waals surface area contributed by atoms with Crippen LogP contribution in [0.1, 0.15) is 24.0 Å². The first-order valence-electron chi connectivity index (χ1n) is 6.42. The summed E-state index contributed by atoms with van der Waals surface area (Å²) in [4.78, 5) is 12.5. The number of hydrogen-bond acceptors (Lipinski definition) is 3. The highest BCUT2D eigenvalue weighted by Gasteiger charge is 2.36. The number of nitriles is 1. The number of carbonyl (C=O) groups is 1. The zero-order valence-electron chi connectivity index (χ0n) is 11.0. The summed E-state index contributed by atoms with van der Waals surface area (Å²) in [5, 5.41) is 17.8. The second-order valence-corrected chi connectivity index (χ2v) is 4.96. The van der Waals surface area contributed by atoms with E-state index in [9.17, 15) is 18.0 Å². The molecule has 1 aliphatic rings. The van der Waals surface area contributed by atoms with Gasteiger partial charge in [-0.05, 0) is 31.0 Å². The highest BCUT2D eigenvalue weighted by molar-refractivity contribution is 5.71. The van der Waals surface area contributed by atoms with E-state index in [1.54, 1.807) is 6.07 Å². The molecule has 0 spiro atoms. The molecule has 0 aromatic heterocycles. The molecule has 1 fully saturated rings. The standard InChI is InChI=1S/C14H13F3N2O2/c15-14(16,17)11-6-9(7-18)3-4-12(11)19-5-1-2-10(8-19)13(20)21/h3-4,6,10H,1-2,5,8H2,(H,20,21). The van der Waals surface area contributed by atoms with E-state index in [4.69, 9.17) is 10.4 Å². The number of aliphatic carboxylic acids is 1. The minimum absolute atomic E-state index is 0.0459. The maximum Gasteiger partial charge on any atom is 0.418 e. The second kappa shape index (κ2) is 5.64.